The van der Waals surface area contributed by atoms with Crippen LogP contribution >= 0.6 is 23.6 Å². The largest absolute Gasteiger partial charge is 0.337 e. The summed E-state index contributed by atoms with van der Waals surface area (Å²) in [6, 6.07) is 8.11. The smallest absolute Gasteiger partial charge is 0.159 e. The van der Waals surface area contributed by atoms with Gasteiger partial charge >= 0.3 is 0 Å². The van der Waals surface area contributed by atoms with Gasteiger partial charge in [-0.1, -0.05) is 12.1 Å². The van der Waals surface area contributed by atoms with Crippen molar-refractivity contribution in [2.45, 2.75) is 0 Å². The summed E-state index contributed by atoms with van der Waals surface area (Å²) in [5, 5.41) is 0. The second-order valence-electron chi connectivity index (χ2n) is 2.01. The number of H-pyrrole nitrogens is 1. The zero-order chi connectivity index (χ0) is 6.97. The van der Waals surface area contributed by atoms with E-state index in [9.17, 15) is 0 Å². The summed E-state index contributed by atoms with van der Waals surface area (Å²) >= 11 is 6.59. The number of hydrogen-bond acceptors (Lipinski definition) is 2. The van der Waals surface area contributed by atoms with E-state index in [0.29, 0.717) is 0 Å². The van der Waals surface area contributed by atoms with E-state index in [2.05, 4.69) is 11.1 Å². The number of benzene rings is 1. The Morgan fingerprint density at radius 1 is 1.27 bits per heavy atom. The number of aromatic nitrogens is 1. The molecule has 56 valence electrons. The average molecular weight is 219 g/mol. The first-order chi connectivity index (χ1) is 4.86. The van der Waals surface area contributed by atoms with Gasteiger partial charge in [-0.3, -0.25) is 0 Å². The third-order valence-corrected chi connectivity index (χ3v) is 2.54. The molecule has 0 saturated heterocycles. The van der Waals surface area contributed by atoms with E-state index in [-0.39, 0.29) is 17.4 Å². The Kier molecular flexibility index (Phi) is 2.85. The van der Waals surface area contributed by atoms with E-state index in [4.69, 9.17) is 12.2 Å². The summed E-state index contributed by atoms with van der Waals surface area (Å²) in [5.74, 6) is 0. The van der Waals surface area contributed by atoms with Crippen LogP contribution in [-0.2, 0) is 17.4 Å². The van der Waals surface area contributed by atoms with Gasteiger partial charge in [-0.2, -0.15) is 0 Å². The Labute approximate surface area is 84.2 Å². The van der Waals surface area contributed by atoms with Gasteiger partial charge < -0.3 is 4.98 Å². The molecule has 1 heterocycles. The molecule has 0 spiro atoms. The molecular weight excluding hydrogens is 214 g/mol. The van der Waals surface area contributed by atoms with Crippen molar-refractivity contribution in [3.05, 3.63) is 28.2 Å². The van der Waals surface area contributed by atoms with Crippen molar-refractivity contribution in [2.75, 3.05) is 0 Å². The molecule has 11 heavy (non-hydrogen) atoms. The molecule has 2 aromatic rings. The van der Waals surface area contributed by atoms with E-state index in [1.807, 2.05) is 18.2 Å². The molecule has 0 radical (unpaired) electrons. The first-order valence-electron chi connectivity index (χ1n) is 2.94. The third kappa shape index (κ3) is 1.71. The van der Waals surface area contributed by atoms with Crippen LogP contribution in [0.4, 0.5) is 0 Å². The van der Waals surface area contributed by atoms with Gasteiger partial charge in [0.15, 0.2) is 3.95 Å². The molecule has 4 heteroatoms. The van der Waals surface area contributed by atoms with Crippen LogP contribution in [0.15, 0.2) is 24.3 Å². The Morgan fingerprint density at radius 3 is 2.73 bits per heavy atom. The molecule has 0 saturated carbocycles. The Bertz CT molecular complexity index is 368. The van der Waals surface area contributed by atoms with Crippen LogP contribution in [0.1, 0.15) is 0 Å². The van der Waals surface area contributed by atoms with Crippen molar-refractivity contribution in [1.29, 1.82) is 0 Å². The first kappa shape index (κ1) is 8.95. The molecule has 0 unspecified atom stereocenters. The van der Waals surface area contributed by atoms with Crippen LogP contribution in [-0.4, -0.2) is 4.98 Å². The van der Waals surface area contributed by atoms with Crippen LogP contribution in [0, 0.1) is 3.95 Å². The number of rotatable bonds is 0. The van der Waals surface area contributed by atoms with Gasteiger partial charge in [-0.05, 0) is 24.4 Å². The maximum Gasteiger partial charge on any atom is 0.159 e. The molecule has 1 N–H and O–H groups in total. The van der Waals surface area contributed by atoms with Crippen molar-refractivity contribution >= 4 is 33.8 Å². The quantitative estimate of drug-likeness (QED) is 0.673. The molecular formula is C7H5CrNS2. The summed E-state index contributed by atoms with van der Waals surface area (Å²) in [7, 11) is 0. The van der Waals surface area contributed by atoms with E-state index in [0.717, 1.165) is 9.47 Å². The average Bonchev–Trinajstić information content (AvgIpc) is 2.27. The standard InChI is InChI=1S/C7H5NS2.Cr/c9-7-8-5-3-1-2-4-6(5)10-7;/h1-4H,(H,8,9);. The van der Waals surface area contributed by atoms with Crippen LogP contribution in [0.25, 0.3) is 10.2 Å². The predicted molar refractivity (Wildman–Crippen MR) is 47.0 cm³/mol. The van der Waals surface area contributed by atoms with Crippen molar-refractivity contribution in [3.63, 3.8) is 0 Å². The van der Waals surface area contributed by atoms with Gasteiger partial charge in [0.2, 0.25) is 0 Å². The van der Waals surface area contributed by atoms with Crippen LogP contribution in [0.3, 0.4) is 0 Å². The summed E-state index contributed by atoms with van der Waals surface area (Å²) in [4.78, 5) is 3.09. The van der Waals surface area contributed by atoms with Crippen molar-refractivity contribution in [3.8, 4) is 0 Å². The molecule has 0 atom stereocenters. The monoisotopic (exact) mass is 219 g/mol. The van der Waals surface area contributed by atoms with E-state index in [1.54, 1.807) is 11.3 Å². The van der Waals surface area contributed by atoms with E-state index in [1.165, 1.54) is 4.70 Å². The fourth-order valence-corrected chi connectivity index (χ4v) is 2.01. The number of thiazole rings is 1. The van der Waals surface area contributed by atoms with E-state index < -0.39 is 0 Å². The summed E-state index contributed by atoms with van der Waals surface area (Å²) in [6.45, 7) is 0. The minimum atomic E-state index is 0. The van der Waals surface area contributed by atoms with Gasteiger partial charge in [0, 0.05) is 17.4 Å². The number of hydrogen-bond donors (Lipinski definition) is 1. The van der Waals surface area contributed by atoms with Gasteiger partial charge in [-0.15, -0.1) is 11.3 Å². The molecule has 0 aliphatic carbocycles. The molecule has 1 aromatic heterocycles. The predicted octanol–water partition coefficient (Wildman–Crippen LogP) is 2.96. The Balaban J connectivity index is 0.000000605. The zero-order valence-electron chi connectivity index (χ0n) is 5.53. The molecule has 0 aliphatic heterocycles. The number of fused-ring (bicyclic) bond motifs is 1. The Morgan fingerprint density at radius 2 is 2.00 bits per heavy atom. The fourth-order valence-electron chi connectivity index (χ4n) is 0.894. The molecule has 0 bridgehead atoms. The molecule has 1 aromatic carbocycles. The second-order valence-corrected chi connectivity index (χ2v) is 3.73. The number of nitrogens with one attached hydrogen (secondary N) is 1. The number of aromatic amines is 1. The van der Waals surface area contributed by atoms with Gasteiger partial charge in [0.05, 0.1) is 10.2 Å². The zero-order valence-corrected chi connectivity index (χ0v) is 8.44. The minimum absolute atomic E-state index is 0. The summed E-state index contributed by atoms with van der Waals surface area (Å²) in [6.07, 6.45) is 0. The summed E-state index contributed by atoms with van der Waals surface area (Å²) in [5.41, 5.74) is 1.14. The second kappa shape index (κ2) is 3.51. The van der Waals surface area contributed by atoms with Crippen LogP contribution in [0.2, 0.25) is 0 Å². The fraction of sp³-hybridized carbons (Fsp3) is 0. The van der Waals surface area contributed by atoms with Crippen molar-refractivity contribution in [1.82, 2.24) is 4.98 Å². The van der Waals surface area contributed by atoms with Crippen molar-refractivity contribution < 1.29 is 17.4 Å². The maximum absolute atomic E-state index is 4.98. The van der Waals surface area contributed by atoms with Gasteiger partial charge in [0.25, 0.3) is 0 Å². The molecule has 0 amide bonds. The molecule has 1 nitrogen and oxygen atoms in total. The number of para-hydroxylation sites is 1. The van der Waals surface area contributed by atoms with Crippen LogP contribution < -0.4 is 0 Å². The molecule has 2 rings (SSSR count). The normalized spacial score (nSPS) is 9.45. The topological polar surface area (TPSA) is 15.8 Å². The molecule has 0 aliphatic rings. The minimum Gasteiger partial charge on any atom is -0.337 e. The Hall–Kier alpha value is -0.138. The van der Waals surface area contributed by atoms with Gasteiger partial charge in [0.1, 0.15) is 0 Å². The van der Waals surface area contributed by atoms with Crippen molar-refractivity contribution in [2.24, 2.45) is 0 Å². The third-order valence-electron chi connectivity index (χ3n) is 1.33. The SMILES string of the molecule is S=c1[nH]c2ccccc2s1.[Cr]. The first-order valence-corrected chi connectivity index (χ1v) is 4.16. The summed E-state index contributed by atoms with van der Waals surface area (Å²) < 4.78 is 2.08. The van der Waals surface area contributed by atoms with Gasteiger partial charge in [-0.25, -0.2) is 0 Å². The van der Waals surface area contributed by atoms with Crippen LogP contribution in [0.5, 0.6) is 0 Å². The molecule has 0 fully saturated rings. The maximum atomic E-state index is 4.98. The van der Waals surface area contributed by atoms with E-state index >= 15 is 0 Å².